The first kappa shape index (κ1) is 14.7. The zero-order valence-corrected chi connectivity index (χ0v) is 12.6. The molecule has 0 bridgehead atoms. The quantitative estimate of drug-likeness (QED) is 0.565. The summed E-state index contributed by atoms with van der Waals surface area (Å²) in [6, 6.07) is 5.86. The number of aromatic amines is 1. The van der Waals surface area contributed by atoms with Crippen molar-refractivity contribution in [3.63, 3.8) is 0 Å². The van der Waals surface area contributed by atoms with E-state index in [9.17, 15) is 14.0 Å². The van der Waals surface area contributed by atoms with Gasteiger partial charge in [-0.05, 0) is 17.7 Å². The van der Waals surface area contributed by atoms with Crippen molar-refractivity contribution in [2.24, 2.45) is 0 Å². The first-order valence-corrected chi connectivity index (χ1v) is 8.03. The Morgan fingerprint density at radius 1 is 1.36 bits per heavy atom. The van der Waals surface area contributed by atoms with Crippen molar-refractivity contribution in [3.8, 4) is 11.1 Å². The predicted octanol–water partition coefficient (Wildman–Crippen LogP) is 2.97. The lowest BCUT2D eigenvalue weighted by molar-refractivity contribution is -0.133. The number of aliphatic carboxylic acids is 1. The molecule has 0 atom stereocenters. The summed E-state index contributed by atoms with van der Waals surface area (Å²) in [6.45, 7) is 0. The van der Waals surface area contributed by atoms with Gasteiger partial charge < -0.3 is 10.1 Å². The summed E-state index contributed by atoms with van der Waals surface area (Å²) in [7, 11) is 0. The summed E-state index contributed by atoms with van der Waals surface area (Å²) >= 11 is 2.25. The van der Waals surface area contributed by atoms with Crippen LogP contribution in [0.1, 0.15) is 0 Å². The van der Waals surface area contributed by atoms with E-state index in [1.165, 1.54) is 23.5 Å². The summed E-state index contributed by atoms with van der Waals surface area (Å²) in [4.78, 5) is 30.2. The van der Waals surface area contributed by atoms with Gasteiger partial charge in [-0.3, -0.25) is 9.59 Å². The van der Waals surface area contributed by atoms with Crippen molar-refractivity contribution in [1.82, 2.24) is 9.97 Å². The molecule has 1 aromatic carbocycles. The standard InChI is InChI=1S/C14H9FN2O3S2/c15-8-3-1-7(2-4-8)9-5-21-13-11(9)12(20)16-14(17-13)22-6-10(18)19/h1-5H,6H2,(H,18,19)(H,16,17,20). The Hall–Kier alpha value is -2.19. The number of carboxylic acids is 1. The molecule has 2 aromatic heterocycles. The highest BCUT2D eigenvalue weighted by Gasteiger charge is 2.13. The van der Waals surface area contributed by atoms with Gasteiger partial charge in [-0.15, -0.1) is 11.3 Å². The normalized spacial score (nSPS) is 11.0. The largest absolute Gasteiger partial charge is 0.481 e. The number of hydrogen-bond donors (Lipinski definition) is 2. The highest BCUT2D eigenvalue weighted by atomic mass is 32.2. The fourth-order valence-electron chi connectivity index (χ4n) is 1.97. The van der Waals surface area contributed by atoms with Crippen LogP contribution < -0.4 is 5.56 Å². The van der Waals surface area contributed by atoms with Gasteiger partial charge in [-0.2, -0.15) is 0 Å². The third kappa shape index (κ3) is 2.88. The van der Waals surface area contributed by atoms with Gasteiger partial charge in [0.2, 0.25) is 0 Å². The third-order valence-corrected chi connectivity index (χ3v) is 4.64. The molecule has 0 aliphatic rings. The molecule has 22 heavy (non-hydrogen) atoms. The number of thiophene rings is 1. The fraction of sp³-hybridized carbons (Fsp3) is 0.0714. The molecule has 0 aliphatic carbocycles. The molecule has 112 valence electrons. The molecular formula is C14H9FN2O3S2. The summed E-state index contributed by atoms with van der Waals surface area (Å²) in [5.41, 5.74) is 1.08. The van der Waals surface area contributed by atoms with E-state index in [1.54, 1.807) is 17.5 Å². The van der Waals surface area contributed by atoms with E-state index in [0.29, 0.717) is 15.8 Å². The van der Waals surface area contributed by atoms with Crippen LogP contribution in [0.3, 0.4) is 0 Å². The van der Waals surface area contributed by atoms with Crippen molar-refractivity contribution >= 4 is 39.3 Å². The number of nitrogens with one attached hydrogen (secondary N) is 1. The van der Waals surface area contributed by atoms with Crippen molar-refractivity contribution in [1.29, 1.82) is 0 Å². The third-order valence-electron chi connectivity index (χ3n) is 2.91. The molecule has 0 amide bonds. The molecule has 2 heterocycles. The Kier molecular flexibility index (Phi) is 3.95. The Morgan fingerprint density at radius 2 is 2.09 bits per heavy atom. The molecule has 0 radical (unpaired) electrons. The Bertz CT molecular complexity index is 903. The van der Waals surface area contributed by atoms with E-state index in [1.807, 2.05) is 0 Å². The number of H-pyrrole nitrogens is 1. The molecular weight excluding hydrogens is 327 g/mol. The van der Waals surface area contributed by atoms with E-state index in [4.69, 9.17) is 5.11 Å². The molecule has 0 fully saturated rings. The monoisotopic (exact) mass is 336 g/mol. The van der Waals surface area contributed by atoms with Gasteiger partial charge in [0.05, 0.1) is 11.1 Å². The molecule has 0 unspecified atom stereocenters. The number of carbonyl (C=O) groups is 1. The van der Waals surface area contributed by atoms with Crippen LogP contribution in [0.25, 0.3) is 21.3 Å². The summed E-state index contributed by atoms with van der Waals surface area (Å²) < 4.78 is 13.0. The SMILES string of the molecule is O=C(O)CSc1nc2scc(-c3ccc(F)cc3)c2c(=O)[nH]1. The molecule has 2 N–H and O–H groups in total. The van der Waals surface area contributed by atoms with Gasteiger partial charge in [0.1, 0.15) is 10.6 Å². The molecule has 5 nitrogen and oxygen atoms in total. The van der Waals surface area contributed by atoms with E-state index >= 15 is 0 Å². The maximum atomic E-state index is 13.0. The minimum Gasteiger partial charge on any atom is -0.481 e. The Balaban J connectivity index is 2.06. The van der Waals surface area contributed by atoms with Crippen LogP contribution in [0.5, 0.6) is 0 Å². The highest BCUT2D eigenvalue weighted by Crippen LogP contribution is 2.31. The molecule has 8 heteroatoms. The van der Waals surface area contributed by atoms with Gasteiger partial charge in [0.25, 0.3) is 5.56 Å². The lowest BCUT2D eigenvalue weighted by Gasteiger charge is -2.01. The average Bonchev–Trinajstić information content (AvgIpc) is 2.90. The number of thioether (sulfide) groups is 1. The van der Waals surface area contributed by atoms with Crippen LogP contribution in [-0.4, -0.2) is 26.8 Å². The predicted molar refractivity (Wildman–Crippen MR) is 84.0 cm³/mol. The number of hydrogen-bond acceptors (Lipinski definition) is 5. The van der Waals surface area contributed by atoms with Crippen LogP contribution in [0.4, 0.5) is 4.39 Å². The number of halogens is 1. The summed E-state index contributed by atoms with van der Waals surface area (Å²) in [6.07, 6.45) is 0. The maximum Gasteiger partial charge on any atom is 0.313 e. The van der Waals surface area contributed by atoms with Crippen molar-refractivity contribution in [3.05, 3.63) is 45.8 Å². The summed E-state index contributed by atoms with van der Waals surface area (Å²) in [5, 5.41) is 11.1. The van der Waals surface area contributed by atoms with E-state index in [0.717, 1.165) is 17.3 Å². The minimum atomic E-state index is -0.981. The van der Waals surface area contributed by atoms with Crippen LogP contribution in [0.15, 0.2) is 39.6 Å². The minimum absolute atomic E-state index is 0.176. The van der Waals surface area contributed by atoms with Gasteiger partial charge in [0, 0.05) is 10.9 Å². The number of rotatable bonds is 4. The number of nitrogens with zero attached hydrogens (tertiary/aromatic N) is 1. The second-order valence-corrected chi connectivity index (χ2v) is 6.21. The lowest BCUT2D eigenvalue weighted by atomic mass is 10.1. The molecule has 0 aliphatic heterocycles. The smallest absolute Gasteiger partial charge is 0.313 e. The van der Waals surface area contributed by atoms with Crippen molar-refractivity contribution in [2.45, 2.75) is 5.16 Å². The average molecular weight is 336 g/mol. The van der Waals surface area contributed by atoms with Gasteiger partial charge in [-0.25, -0.2) is 9.37 Å². The Morgan fingerprint density at radius 3 is 2.77 bits per heavy atom. The Labute approximate surface area is 131 Å². The van der Waals surface area contributed by atoms with Crippen molar-refractivity contribution < 1.29 is 14.3 Å². The maximum absolute atomic E-state index is 13.0. The van der Waals surface area contributed by atoms with E-state index < -0.39 is 5.97 Å². The molecule has 0 saturated heterocycles. The molecule has 0 saturated carbocycles. The van der Waals surface area contributed by atoms with Crippen LogP contribution in [0.2, 0.25) is 0 Å². The highest BCUT2D eigenvalue weighted by molar-refractivity contribution is 7.99. The zero-order chi connectivity index (χ0) is 15.7. The molecule has 0 spiro atoms. The number of benzene rings is 1. The summed E-state index contributed by atoms with van der Waals surface area (Å²) in [5.74, 6) is -1.50. The number of fused-ring (bicyclic) bond motifs is 1. The number of carboxylic acid groups (broad SMARTS) is 1. The van der Waals surface area contributed by atoms with Crippen LogP contribution in [0, 0.1) is 5.82 Å². The van der Waals surface area contributed by atoms with Gasteiger partial charge >= 0.3 is 5.97 Å². The van der Waals surface area contributed by atoms with Gasteiger partial charge in [-0.1, -0.05) is 23.9 Å². The molecule has 3 aromatic rings. The van der Waals surface area contributed by atoms with Crippen LogP contribution >= 0.6 is 23.1 Å². The topological polar surface area (TPSA) is 83.0 Å². The fourth-order valence-corrected chi connectivity index (χ4v) is 3.56. The second kappa shape index (κ2) is 5.90. The van der Waals surface area contributed by atoms with E-state index in [-0.39, 0.29) is 22.3 Å². The number of aromatic nitrogens is 2. The van der Waals surface area contributed by atoms with E-state index in [2.05, 4.69) is 9.97 Å². The van der Waals surface area contributed by atoms with Crippen molar-refractivity contribution in [2.75, 3.05) is 5.75 Å². The van der Waals surface area contributed by atoms with Crippen LogP contribution in [-0.2, 0) is 4.79 Å². The second-order valence-electron chi connectivity index (χ2n) is 4.39. The lowest BCUT2D eigenvalue weighted by Crippen LogP contribution is -2.09. The zero-order valence-electron chi connectivity index (χ0n) is 11.0. The molecule has 3 rings (SSSR count). The first-order valence-electron chi connectivity index (χ1n) is 6.16. The van der Waals surface area contributed by atoms with Gasteiger partial charge in [0.15, 0.2) is 5.16 Å². The first-order chi connectivity index (χ1) is 10.5.